The molecule has 10 nitrogen and oxygen atoms in total. The fourth-order valence-electron chi connectivity index (χ4n) is 4.77. The van der Waals surface area contributed by atoms with Crippen molar-refractivity contribution in [2.75, 3.05) is 17.4 Å². The number of hydrogen-bond acceptors (Lipinski definition) is 6. The summed E-state index contributed by atoms with van der Waals surface area (Å²) in [6, 6.07) is 28.2. The third-order valence-corrected chi connectivity index (χ3v) is 9.48. The molecule has 0 aliphatic rings. The van der Waals surface area contributed by atoms with Crippen molar-refractivity contribution in [1.82, 2.24) is 10.2 Å². The average Bonchev–Trinajstić information content (AvgIpc) is 3.05. The Morgan fingerprint density at radius 1 is 0.870 bits per heavy atom. The van der Waals surface area contributed by atoms with E-state index in [9.17, 15) is 28.1 Å². The van der Waals surface area contributed by atoms with Gasteiger partial charge in [0.2, 0.25) is 11.8 Å². The number of anilines is 1. The molecular formula is C34H35BrN4O6S. The molecule has 2 amide bonds. The topological polar surface area (TPSA) is 130 Å². The van der Waals surface area contributed by atoms with Crippen LogP contribution in [0.2, 0.25) is 0 Å². The van der Waals surface area contributed by atoms with Gasteiger partial charge in [-0.1, -0.05) is 96.5 Å². The maximum atomic E-state index is 14.5. The number of rotatable bonds is 14. The van der Waals surface area contributed by atoms with Crippen molar-refractivity contribution < 1.29 is 22.9 Å². The lowest BCUT2D eigenvalue weighted by Crippen LogP contribution is -2.53. The molecule has 0 saturated carbocycles. The van der Waals surface area contributed by atoms with Crippen LogP contribution in [0.25, 0.3) is 0 Å². The highest BCUT2D eigenvalue weighted by Crippen LogP contribution is 2.28. The molecule has 12 heteroatoms. The summed E-state index contributed by atoms with van der Waals surface area (Å²) in [5.41, 5.74) is 1.14. The van der Waals surface area contributed by atoms with Gasteiger partial charge in [0.1, 0.15) is 12.6 Å². The minimum absolute atomic E-state index is 0.00682. The molecule has 0 aliphatic heterocycles. The van der Waals surface area contributed by atoms with E-state index >= 15 is 0 Å². The number of nitrogens with zero attached hydrogens (tertiary/aromatic N) is 3. The molecule has 0 aromatic heterocycles. The number of amides is 2. The first-order valence-corrected chi connectivity index (χ1v) is 16.9. The minimum Gasteiger partial charge on any atom is -0.354 e. The first-order chi connectivity index (χ1) is 22.0. The van der Waals surface area contributed by atoms with Crippen LogP contribution in [0.4, 0.5) is 11.4 Å². The van der Waals surface area contributed by atoms with Crippen LogP contribution in [0.15, 0.2) is 119 Å². The van der Waals surface area contributed by atoms with Crippen LogP contribution in [-0.4, -0.2) is 49.2 Å². The number of nitro groups is 1. The summed E-state index contributed by atoms with van der Waals surface area (Å²) in [5, 5.41) is 14.6. The van der Waals surface area contributed by atoms with Crippen molar-refractivity contribution in [3.63, 3.8) is 0 Å². The Bertz CT molecular complexity index is 1750. The van der Waals surface area contributed by atoms with E-state index in [1.807, 2.05) is 68.4 Å². The van der Waals surface area contributed by atoms with Gasteiger partial charge in [0.05, 0.1) is 15.5 Å². The molecule has 240 valence electrons. The second-order valence-electron chi connectivity index (χ2n) is 11.1. The summed E-state index contributed by atoms with van der Waals surface area (Å²) in [5.74, 6) is -0.886. The van der Waals surface area contributed by atoms with E-state index in [1.54, 1.807) is 18.2 Å². The Morgan fingerprint density at radius 2 is 1.50 bits per heavy atom. The number of carbonyl (C=O) groups is 2. The zero-order valence-electron chi connectivity index (χ0n) is 25.5. The number of benzene rings is 4. The van der Waals surface area contributed by atoms with E-state index < -0.39 is 33.4 Å². The molecule has 0 unspecified atom stereocenters. The molecule has 0 bridgehead atoms. The van der Waals surface area contributed by atoms with E-state index in [1.165, 1.54) is 35.2 Å². The monoisotopic (exact) mass is 706 g/mol. The van der Waals surface area contributed by atoms with Crippen LogP contribution in [0, 0.1) is 16.0 Å². The Morgan fingerprint density at radius 3 is 2.11 bits per heavy atom. The average molecular weight is 708 g/mol. The first-order valence-electron chi connectivity index (χ1n) is 14.6. The fourth-order valence-corrected chi connectivity index (χ4v) is 6.46. The van der Waals surface area contributed by atoms with Gasteiger partial charge in [-0.15, -0.1) is 0 Å². The first kappa shape index (κ1) is 34.3. The lowest BCUT2D eigenvalue weighted by molar-refractivity contribution is -0.384. The molecule has 0 heterocycles. The summed E-state index contributed by atoms with van der Waals surface area (Å²) in [4.78, 5) is 40.6. The predicted molar refractivity (Wildman–Crippen MR) is 181 cm³/mol. The summed E-state index contributed by atoms with van der Waals surface area (Å²) in [6.45, 7) is 3.60. The summed E-state index contributed by atoms with van der Waals surface area (Å²) in [7, 11) is -4.37. The van der Waals surface area contributed by atoms with Gasteiger partial charge in [0.25, 0.3) is 15.7 Å². The third-order valence-electron chi connectivity index (χ3n) is 7.16. The standard InChI is InChI=1S/C34H35BrN4O6S/c1-25(2)22-36-34(41)32(20-26-10-5-3-6-11-26)37(23-27-16-18-28(35)19-17-27)33(40)24-38(29-12-9-13-30(21-29)39(42)43)46(44,45)31-14-7-4-8-15-31/h3-19,21,25,32H,20,22-24H2,1-2H3,(H,36,41)/t32-/m0/s1. The second kappa shape index (κ2) is 15.6. The zero-order chi connectivity index (χ0) is 33.3. The van der Waals surface area contributed by atoms with Gasteiger partial charge in [-0.05, 0) is 47.4 Å². The number of halogens is 1. The number of carbonyl (C=O) groups excluding carboxylic acids is 2. The number of nitro benzene ring substituents is 1. The quantitative estimate of drug-likeness (QED) is 0.127. The molecule has 4 aromatic rings. The van der Waals surface area contributed by atoms with Gasteiger partial charge >= 0.3 is 0 Å². The highest BCUT2D eigenvalue weighted by molar-refractivity contribution is 9.10. The Labute approximate surface area is 277 Å². The van der Waals surface area contributed by atoms with E-state index in [0.717, 1.165) is 26.0 Å². The van der Waals surface area contributed by atoms with Crippen LogP contribution in [0.1, 0.15) is 25.0 Å². The van der Waals surface area contributed by atoms with Crippen molar-refractivity contribution in [2.45, 2.75) is 37.8 Å². The van der Waals surface area contributed by atoms with E-state index in [-0.39, 0.29) is 41.1 Å². The molecule has 0 radical (unpaired) electrons. The van der Waals surface area contributed by atoms with Gasteiger partial charge < -0.3 is 10.2 Å². The normalized spacial score (nSPS) is 11.9. The van der Waals surface area contributed by atoms with Crippen molar-refractivity contribution >= 4 is 49.1 Å². The molecule has 0 aliphatic carbocycles. The second-order valence-corrected chi connectivity index (χ2v) is 13.9. The number of nitrogens with one attached hydrogen (secondary N) is 1. The highest BCUT2D eigenvalue weighted by atomic mass is 79.9. The molecule has 0 spiro atoms. The Balaban J connectivity index is 1.82. The fraction of sp³-hybridized carbons (Fsp3) is 0.235. The van der Waals surface area contributed by atoms with E-state index in [2.05, 4.69) is 21.2 Å². The van der Waals surface area contributed by atoms with E-state index in [0.29, 0.717) is 6.54 Å². The van der Waals surface area contributed by atoms with Crippen LogP contribution in [0.3, 0.4) is 0 Å². The minimum atomic E-state index is -4.37. The molecular weight excluding hydrogens is 672 g/mol. The van der Waals surface area contributed by atoms with Gasteiger partial charge in [-0.2, -0.15) is 0 Å². The predicted octanol–water partition coefficient (Wildman–Crippen LogP) is 5.96. The van der Waals surface area contributed by atoms with Gasteiger partial charge in [-0.3, -0.25) is 24.0 Å². The molecule has 4 aromatic carbocycles. The number of hydrogen-bond donors (Lipinski definition) is 1. The van der Waals surface area contributed by atoms with Crippen LogP contribution in [-0.2, 0) is 32.6 Å². The molecule has 0 saturated heterocycles. The molecule has 0 fully saturated rings. The van der Waals surface area contributed by atoms with E-state index in [4.69, 9.17) is 0 Å². The third kappa shape index (κ3) is 9.01. The lowest BCUT2D eigenvalue weighted by Gasteiger charge is -2.34. The van der Waals surface area contributed by atoms with Gasteiger partial charge in [0.15, 0.2) is 0 Å². The van der Waals surface area contributed by atoms with Crippen LogP contribution >= 0.6 is 15.9 Å². The lowest BCUT2D eigenvalue weighted by atomic mass is 10.0. The molecule has 1 N–H and O–H groups in total. The number of non-ortho nitro benzene ring substituents is 1. The Kier molecular flexibility index (Phi) is 11.7. The maximum absolute atomic E-state index is 14.5. The molecule has 46 heavy (non-hydrogen) atoms. The van der Waals surface area contributed by atoms with Crippen molar-refractivity contribution in [3.05, 3.63) is 135 Å². The number of sulfonamides is 1. The van der Waals surface area contributed by atoms with Crippen LogP contribution < -0.4 is 9.62 Å². The smallest absolute Gasteiger partial charge is 0.271 e. The Hall–Kier alpha value is -4.55. The zero-order valence-corrected chi connectivity index (χ0v) is 27.9. The van der Waals surface area contributed by atoms with Gasteiger partial charge in [0, 0.05) is 36.1 Å². The van der Waals surface area contributed by atoms with Crippen molar-refractivity contribution in [1.29, 1.82) is 0 Å². The van der Waals surface area contributed by atoms with Crippen molar-refractivity contribution in [3.8, 4) is 0 Å². The summed E-state index contributed by atoms with van der Waals surface area (Å²) in [6.07, 6.45) is 0.176. The molecule has 1 atom stereocenters. The summed E-state index contributed by atoms with van der Waals surface area (Å²) < 4.78 is 29.8. The summed E-state index contributed by atoms with van der Waals surface area (Å²) >= 11 is 3.42. The largest absolute Gasteiger partial charge is 0.354 e. The highest BCUT2D eigenvalue weighted by Gasteiger charge is 2.35. The van der Waals surface area contributed by atoms with Crippen LogP contribution in [0.5, 0.6) is 0 Å². The molecule has 4 rings (SSSR count). The van der Waals surface area contributed by atoms with Crippen molar-refractivity contribution in [2.24, 2.45) is 5.92 Å². The maximum Gasteiger partial charge on any atom is 0.271 e. The SMILES string of the molecule is CC(C)CNC(=O)[C@H](Cc1ccccc1)N(Cc1ccc(Br)cc1)C(=O)CN(c1cccc([N+](=O)[O-])c1)S(=O)(=O)c1ccccc1. The van der Waals surface area contributed by atoms with Gasteiger partial charge in [-0.25, -0.2) is 8.42 Å².